The van der Waals surface area contributed by atoms with Gasteiger partial charge in [-0.15, -0.1) is 5.10 Å². The van der Waals surface area contributed by atoms with Gasteiger partial charge in [0.2, 0.25) is 0 Å². The lowest BCUT2D eigenvalue weighted by atomic mass is 10.0. The van der Waals surface area contributed by atoms with Crippen molar-refractivity contribution in [3.8, 4) is 0 Å². The van der Waals surface area contributed by atoms with Crippen molar-refractivity contribution in [1.29, 1.82) is 0 Å². The lowest BCUT2D eigenvalue weighted by Crippen LogP contribution is -2.45. The Bertz CT molecular complexity index is 852. The van der Waals surface area contributed by atoms with Gasteiger partial charge in [-0.05, 0) is 24.3 Å². The van der Waals surface area contributed by atoms with Gasteiger partial charge in [0.1, 0.15) is 11.3 Å². The molecule has 2 aliphatic rings. The van der Waals surface area contributed by atoms with E-state index in [4.69, 9.17) is 4.74 Å². The summed E-state index contributed by atoms with van der Waals surface area (Å²) >= 11 is 1.52. The maximum absolute atomic E-state index is 12.6. The van der Waals surface area contributed by atoms with E-state index in [1.165, 1.54) is 11.3 Å². The number of rotatable bonds is 5. The van der Waals surface area contributed by atoms with Gasteiger partial charge < -0.3 is 20.3 Å². The van der Waals surface area contributed by atoms with Gasteiger partial charge in [-0.1, -0.05) is 12.1 Å². The first kappa shape index (κ1) is 18.9. The van der Waals surface area contributed by atoms with Gasteiger partial charge in [-0.25, -0.2) is 9.48 Å². The molecule has 10 heteroatoms. The minimum Gasteiger partial charge on any atom is -0.365 e. The number of likely N-dealkylation sites (tertiary alicyclic amines) is 1. The van der Waals surface area contributed by atoms with Gasteiger partial charge in [0.05, 0.1) is 37.5 Å². The van der Waals surface area contributed by atoms with Crippen LogP contribution < -0.4 is 10.6 Å². The van der Waals surface area contributed by atoms with Crippen LogP contribution in [-0.2, 0) is 24.4 Å². The van der Waals surface area contributed by atoms with E-state index in [0.717, 1.165) is 24.1 Å². The molecule has 0 saturated carbocycles. The lowest BCUT2D eigenvalue weighted by molar-refractivity contribution is -0.0828. The van der Waals surface area contributed by atoms with Crippen molar-refractivity contribution in [3.63, 3.8) is 0 Å². The zero-order chi connectivity index (χ0) is 19.6. The van der Waals surface area contributed by atoms with Gasteiger partial charge in [0, 0.05) is 18.5 Å². The molecule has 3 amide bonds. The van der Waals surface area contributed by atoms with E-state index < -0.39 is 5.60 Å². The molecule has 1 fully saturated rings. The molecule has 4 heterocycles. The van der Waals surface area contributed by atoms with E-state index in [2.05, 4.69) is 20.9 Å². The van der Waals surface area contributed by atoms with E-state index in [-0.39, 0.29) is 11.9 Å². The normalized spacial score (nSPS) is 21.0. The van der Waals surface area contributed by atoms with Crippen LogP contribution in [0.2, 0.25) is 0 Å². The Balaban J connectivity index is 1.37. The second-order valence-electron chi connectivity index (χ2n) is 7.21. The van der Waals surface area contributed by atoms with Crippen molar-refractivity contribution in [2.75, 3.05) is 19.6 Å². The van der Waals surface area contributed by atoms with Gasteiger partial charge in [0.25, 0.3) is 5.91 Å². The van der Waals surface area contributed by atoms with Gasteiger partial charge in [-0.2, -0.15) is 11.3 Å². The number of carbonyl (C=O) groups is 2. The molecule has 2 aromatic heterocycles. The predicted octanol–water partition coefficient (Wildman–Crippen LogP) is 1.36. The average molecular weight is 404 g/mol. The van der Waals surface area contributed by atoms with E-state index in [1.54, 1.807) is 0 Å². The van der Waals surface area contributed by atoms with E-state index in [0.29, 0.717) is 45.0 Å². The lowest BCUT2D eigenvalue weighted by Gasteiger charge is -2.33. The highest BCUT2D eigenvalue weighted by Crippen LogP contribution is 2.33. The van der Waals surface area contributed by atoms with Crippen molar-refractivity contribution in [2.24, 2.45) is 0 Å². The summed E-state index contributed by atoms with van der Waals surface area (Å²) in [6.45, 7) is 5.10. The highest BCUT2D eigenvalue weighted by atomic mass is 32.1. The van der Waals surface area contributed by atoms with Crippen molar-refractivity contribution in [1.82, 2.24) is 30.5 Å². The number of amides is 3. The van der Waals surface area contributed by atoms with Crippen molar-refractivity contribution < 1.29 is 14.3 Å². The number of nitrogens with zero attached hydrogens (tertiary/aromatic N) is 4. The summed E-state index contributed by atoms with van der Waals surface area (Å²) in [7, 11) is 0. The molecule has 4 rings (SSSR count). The SMILES string of the molecule is CCCNC(=O)NCc1nnn2c1COC1(CCN(C(=O)c3ccsc3)C1)C2. The number of hydrogen-bond acceptors (Lipinski definition) is 6. The van der Waals surface area contributed by atoms with Crippen LogP contribution in [0.3, 0.4) is 0 Å². The van der Waals surface area contributed by atoms with Crippen molar-refractivity contribution in [3.05, 3.63) is 33.8 Å². The minimum atomic E-state index is -0.421. The van der Waals surface area contributed by atoms with Crippen molar-refractivity contribution >= 4 is 23.3 Å². The van der Waals surface area contributed by atoms with Crippen molar-refractivity contribution in [2.45, 2.75) is 45.1 Å². The van der Waals surface area contributed by atoms with Crippen LogP contribution in [0.4, 0.5) is 4.79 Å². The molecular weight excluding hydrogens is 380 g/mol. The standard InChI is InChI=1S/C18H24N6O3S/c1-2-5-19-17(26)20-8-14-15-9-27-18(12-24(15)22-21-14)4-6-23(11-18)16(25)13-3-7-28-10-13/h3,7,10H,2,4-6,8-9,11-12H2,1H3,(H2,19,20,26). The fourth-order valence-corrected chi connectivity index (χ4v) is 4.26. The monoisotopic (exact) mass is 404 g/mol. The van der Waals surface area contributed by atoms with Crippen LogP contribution in [0.1, 0.15) is 41.5 Å². The summed E-state index contributed by atoms with van der Waals surface area (Å²) in [5.41, 5.74) is 1.90. The molecule has 0 aromatic carbocycles. The Hall–Kier alpha value is -2.46. The number of nitrogens with one attached hydrogen (secondary N) is 2. The molecule has 1 saturated heterocycles. The molecule has 0 aliphatic carbocycles. The highest BCUT2D eigenvalue weighted by molar-refractivity contribution is 7.08. The number of aromatic nitrogens is 3. The van der Waals surface area contributed by atoms with Gasteiger partial charge in [-0.3, -0.25) is 4.79 Å². The van der Waals surface area contributed by atoms with Crippen LogP contribution in [0.5, 0.6) is 0 Å². The first-order valence-electron chi connectivity index (χ1n) is 9.48. The van der Waals surface area contributed by atoms with Crippen LogP contribution in [0.25, 0.3) is 0 Å². The molecule has 9 nitrogen and oxygen atoms in total. The zero-order valence-electron chi connectivity index (χ0n) is 15.8. The molecule has 28 heavy (non-hydrogen) atoms. The number of carbonyl (C=O) groups excluding carboxylic acids is 2. The molecule has 150 valence electrons. The third-order valence-electron chi connectivity index (χ3n) is 5.19. The molecule has 2 N–H and O–H groups in total. The average Bonchev–Trinajstić information content (AvgIpc) is 3.44. The quantitative estimate of drug-likeness (QED) is 0.784. The summed E-state index contributed by atoms with van der Waals surface area (Å²) in [4.78, 5) is 26.2. The second-order valence-corrected chi connectivity index (χ2v) is 7.99. The van der Waals surface area contributed by atoms with Crippen LogP contribution >= 0.6 is 11.3 Å². The third kappa shape index (κ3) is 3.74. The maximum Gasteiger partial charge on any atom is 0.315 e. The molecule has 2 aliphatic heterocycles. The summed E-state index contributed by atoms with van der Waals surface area (Å²) in [6, 6.07) is 1.64. The number of thiophene rings is 1. The molecule has 2 aromatic rings. The molecular formula is C18H24N6O3S. The molecule has 0 bridgehead atoms. The van der Waals surface area contributed by atoms with Crippen LogP contribution in [0.15, 0.2) is 16.8 Å². The Kier molecular flexibility index (Phi) is 5.31. The topological polar surface area (TPSA) is 101 Å². The van der Waals surface area contributed by atoms with Crippen LogP contribution in [-0.4, -0.2) is 57.1 Å². The predicted molar refractivity (Wildman–Crippen MR) is 103 cm³/mol. The number of ether oxygens (including phenoxy) is 1. The summed E-state index contributed by atoms with van der Waals surface area (Å²) < 4.78 is 8.05. The largest absolute Gasteiger partial charge is 0.365 e. The van der Waals surface area contributed by atoms with Crippen LogP contribution in [0, 0.1) is 0 Å². The van der Waals surface area contributed by atoms with Gasteiger partial charge >= 0.3 is 6.03 Å². The molecule has 1 unspecified atom stereocenters. The Labute approximate surface area is 167 Å². The first-order valence-corrected chi connectivity index (χ1v) is 10.4. The Morgan fingerprint density at radius 1 is 1.36 bits per heavy atom. The Morgan fingerprint density at radius 3 is 3.04 bits per heavy atom. The fraction of sp³-hybridized carbons (Fsp3) is 0.556. The molecule has 0 radical (unpaired) electrons. The second kappa shape index (κ2) is 7.88. The minimum absolute atomic E-state index is 0.0501. The highest BCUT2D eigenvalue weighted by Gasteiger charge is 2.45. The number of hydrogen-bond donors (Lipinski definition) is 2. The summed E-state index contributed by atoms with van der Waals surface area (Å²) in [6.07, 6.45) is 1.66. The summed E-state index contributed by atoms with van der Waals surface area (Å²) in [5, 5.41) is 17.8. The number of urea groups is 1. The molecule has 1 atom stereocenters. The molecule has 1 spiro atoms. The zero-order valence-corrected chi connectivity index (χ0v) is 16.6. The van der Waals surface area contributed by atoms with E-state index in [1.807, 2.05) is 33.3 Å². The first-order chi connectivity index (χ1) is 13.6. The smallest absolute Gasteiger partial charge is 0.315 e. The summed E-state index contributed by atoms with van der Waals surface area (Å²) in [5.74, 6) is 0.0501. The number of fused-ring (bicyclic) bond motifs is 1. The fourth-order valence-electron chi connectivity index (χ4n) is 3.63. The Morgan fingerprint density at radius 2 is 2.25 bits per heavy atom. The maximum atomic E-state index is 12.6. The van der Waals surface area contributed by atoms with Gasteiger partial charge in [0.15, 0.2) is 0 Å². The van der Waals surface area contributed by atoms with E-state index in [9.17, 15) is 9.59 Å². The third-order valence-corrected chi connectivity index (χ3v) is 5.88. The van der Waals surface area contributed by atoms with E-state index >= 15 is 0 Å².